The van der Waals surface area contributed by atoms with Crippen LogP contribution in [0.3, 0.4) is 0 Å². The number of nitrogens with zero attached hydrogens (tertiary/aromatic N) is 4. The first-order chi connectivity index (χ1) is 14.2. The van der Waals surface area contributed by atoms with Gasteiger partial charge in [-0.3, -0.25) is 4.79 Å². The molecule has 1 aliphatic heterocycles. The van der Waals surface area contributed by atoms with Crippen molar-refractivity contribution in [1.82, 2.24) is 19.7 Å². The number of hydrogen-bond donors (Lipinski definition) is 0. The predicted octanol–water partition coefficient (Wildman–Crippen LogP) is 4.04. The number of thiophene rings is 1. The van der Waals surface area contributed by atoms with Crippen molar-refractivity contribution in [2.45, 2.75) is 30.8 Å². The summed E-state index contributed by atoms with van der Waals surface area (Å²) in [7, 11) is 1.98. The van der Waals surface area contributed by atoms with Gasteiger partial charge in [0.1, 0.15) is 5.82 Å². The van der Waals surface area contributed by atoms with Crippen LogP contribution in [0.4, 0.5) is 0 Å². The van der Waals surface area contributed by atoms with Crippen LogP contribution in [0.15, 0.2) is 53.0 Å². The minimum absolute atomic E-state index is 0.205. The standard InChI is InChI=1S/C22H26N4OS2/c1-25-20(15-19-8-5-13-28-19)23-24-22(25)29-16-21(27)26-11-9-18(10-12-26)14-17-6-3-2-4-7-17/h2-8,13,18H,9-12,14-16H2,1H3. The van der Waals surface area contributed by atoms with Gasteiger partial charge in [0.25, 0.3) is 0 Å². The molecule has 152 valence electrons. The van der Waals surface area contributed by atoms with Crippen LogP contribution in [0.1, 0.15) is 29.1 Å². The third kappa shape index (κ3) is 5.28. The van der Waals surface area contributed by atoms with Gasteiger partial charge in [0, 0.05) is 31.4 Å². The van der Waals surface area contributed by atoms with E-state index in [1.54, 1.807) is 11.3 Å². The van der Waals surface area contributed by atoms with Gasteiger partial charge < -0.3 is 9.47 Å². The van der Waals surface area contributed by atoms with E-state index in [0.717, 1.165) is 49.8 Å². The lowest BCUT2D eigenvalue weighted by molar-refractivity contribution is -0.129. The molecular formula is C22H26N4OS2. The van der Waals surface area contributed by atoms with E-state index in [-0.39, 0.29) is 5.91 Å². The Kier molecular flexibility index (Phi) is 6.67. The summed E-state index contributed by atoms with van der Waals surface area (Å²) in [4.78, 5) is 15.9. The molecule has 1 fully saturated rings. The van der Waals surface area contributed by atoms with Gasteiger partial charge in [-0.15, -0.1) is 21.5 Å². The molecule has 0 bridgehead atoms. The Balaban J connectivity index is 1.24. The molecule has 4 rings (SSSR count). The summed E-state index contributed by atoms with van der Waals surface area (Å²) in [6, 6.07) is 14.8. The lowest BCUT2D eigenvalue weighted by Crippen LogP contribution is -2.39. The minimum atomic E-state index is 0.205. The summed E-state index contributed by atoms with van der Waals surface area (Å²) in [6.07, 6.45) is 4.06. The number of piperidine rings is 1. The molecule has 0 spiro atoms. The van der Waals surface area contributed by atoms with Crippen LogP contribution >= 0.6 is 23.1 Å². The molecule has 7 heteroatoms. The van der Waals surface area contributed by atoms with Gasteiger partial charge in [0.05, 0.1) is 5.75 Å². The normalized spacial score (nSPS) is 15.0. The number of hydrogen-bond acceptors (Lipinski definition) is 5. The van der Waals surface area contributed by atoms with E-state index in [1.165, 1.54) is 22.2 Å². The Hall–Kier alpha value is -2.12. The van der Waals surface area contributed by atoms with Gasteiger partial charge in [-0.1, -0.05) is 48.2 Å². The van der Waals surface area contributed by atoms with Crippen molar-refractivity contribution in [3.63, 3.8) is 0 Å². The summed E-state index contributed by atoms with van der Waals surface area (Å²) in [5.41, 5.74) is 1.40. The Morgan fingerprint density at radius 1 is 1.14 bits per heavy atom. The van der Waals surface area contributed by atoms with Gasteiger partial charge in [-0.25, -0.2) is 0 Å². The van der Waals surface area contributed by atoms with Crippen molar-refractivity contribution in [1.29, 1.82) is 0 Å². The molecule has 0 aliphatic carbocycles. The molecule has 0 saturated carbocycles. The van der Waals surface area contributed by atoms with E-state index >= 15 is 0 Å². The number of thioether (sulfide) groups is 1. The van der Waals surface area contributed by atoms with Gasteiger partial charge >= 0.3 is 0 Å². The highest BCUT2D eigenvalue weighted by atomic mass is 32.2. The quantitative estimate of drug-likeness (QED) is 0.535. The number of benzene rings is 1. The van der Waals surface area contributed by atoms with E-state index in [2.05, 4.69) is 52.0 Å². The van der Waals surface area contributed by atoms with Crippen LogP contribution in [0.2, 0.25) is 0 Å². The third-order valence-electron chi connectivity index (χ3n) is 5.50. The summed E-state index contributed by atoms with van der Waals surface area (Å²) in [5, 5.41) is 11.5. The molecule has 0 unspecified atom stereocenters. The summed E-state index contributed by atoms with van der Waals surface area (Å²) in [5.74, 6) is 2.24. The molecule has 3 aromatic rings. The fourth-order valence-electron chi connectivity index (χ4n) is 3.75. The van der Waals surface area contributed by atoms with E-state index in [0.29, 0.717) is 11.7 Å². The van der Waals surface area contributed by atoms with Crippen LogP contribution in [0.25, 0.3) is 0 Å². The van der Waals surface area contributed by atoms with Crippen LogP contribution in [-0.2, 0) is 24.7 Å². The predicted molar refractivity (Wildman–Crippen MR) is 118 cm³/mol. The summed E-state index contributed by atoms with van der Waals surface area (Å²) < 4.78 is 2.00. The first-order valence-electron chi connectivity index (χ1n) is 10.0. The second-order valence-corrected chi connectivity index (χ2v) is 9.49. The molecule has 29 heavy (non-hydrogen) atoms. The largest absolute Gasteiger partial charge is 0.342 e. The maximum Gasteiger partial charge on any atom is 0.233 e. The molecule has 1 aliphatic rings. The topological polar surface area (TPSA) is 51.0 Å². The maximum atomic E-state index is 12.7. The SMILES string of the molecule is Cn1c(Cc2cccs2)nnc1SCC(=O)N1CCC(Cc2ccccc2)CC1. The van der Waals surface area contributed by atoms with Crippen molar-refractivity contribution in [2.24, 2.45) is 13.0 Å². The highest BCUT2D eigenvalue weighted by Gasteiger charge is 2.23. The van der Waals surface area contributed by atoms with E-state index in [9.17, 15) is 4.79 Å². The molecular weight excluding hydrogens is 400 g/mol. The van der Waals surface area contributed by atoms with Crippen molar-refractivity contribution in [3.8, 4) is 0 Å². The van der Waals surface area contributed by atoms with Crippen molar-refractivity contribution >= 4 is 29.0 Å². The molecule has 1 saturated heterocycles. The van der Waals surface area contributed by atoms with Gasteiger partial charge in [0.2, 0.25) is 5.91 Å². The van der Waals surface area contributed by atoms with Crippen LogP contribution in [-0.4, -0.2) is 44.4 Å². The molecule has 3 heterocycles. The number of carbonyl (C=O) groups excluding carboxylic acids is 1. The fourth-order valence-corrected chi connectivity index (χ4v) is 5.28. The Labute approximate surface area is 180 Å². The lowest BCUT2D eigenvalue weighted by atomic mass is 9.90. The summed E-state index contributed by atoms with van der Waals surface area (Å²) >= 11 is 3.21. The smallest absolute Gasteiger partial charge is 0.233 e. The average Bonchev–Trinajstić information content (AvgIpc) is 3.38. The third-order valence-corrected chi connectivity index (χ3v) is 7.38. The number of aromatic nitrogens is 3. The van der Waals surface area contributed by atoms with Gasteiger partial charge in [0.15, 0.2) is 5.16 Å². The van der Waals surface area contributed by atoms with Crippen LogP contribution in [0.5, 0.6) is 0 Å². The molecule has 5 nitrogen and oxygen atoms in total. The van der Waals surface area contributed by atoms with Crippen molar-refractivity contribution in [2.75, 3.05) is 18.8 Å². The second kappa shape index (κ2) is 9.59. The van der Waals surface area contributed by atoms with E-state index in [1.807, 2.05) is 22.6 Å². The minimum Gasteiger partial charge on any atom is -0.342 e. The monoisotopic (exact) mass is 426 g/mol. The molecule has 1 amide bonds. The fraction of sp³-hybridized carbons (Fsp3) is 0.409. The molecule has 0 atom stereocenters. The van der Waals surface area contributed by atoms with Crippen LogP contribution in [0, 0.1) is 5.92 Å². The second-order valence-electron chi connectivity index (χ2n) is 7.52. The van der Waals surface area contributed by atoms with Crippen molar-refractivity contribution < 1.29 is 4.79 Å². The van der Waals surface area contributed by atoms with Crippen LogP contribution < -0.4 is 0 Å². The highest BCUT2D eigenvalue weighted by molar-refractivity contribution is 7.99. The molecule has 2 aromatic heterocycles. The molecule has 1 aromatic carbocycles. The zero-order chi connectivity index (χ0) is 20.1. The highest BCUT2D eigenvalue weighted by Crippen LogP contribution is 2.24. The van der Waals surface area contributed by atoms with Gasteiger partial charge in [-0.05, 0) is 42.2 Å². The average molecular weight is 427 g/mol. The van der Waals surface area contributed by atoms with E-state index in [4.69, 9.17) is 0 Å². The summed E-state index contributed by atoms with van der Waals surface area (Å²) in [6.45, 7) is 1.72. The van der Waals surface area contributed by atoms with E-state index < -0.39 is 0 Å². The Morgan fingerprint density at radius 3 is 2.66 bits per heavy atom. The molecule has 0 radical (unpaired) electrons. The first-order valence-corrected chi connectivity index (χ1v) is 11.9. The Bertz CT molecular complexity index is 916. The first kappa shape index (κ1) is 20.2. The number of amides is 1. The van der Waals surface area contributed by atoms with Crippen molar-refractivity contribution in [3.05, 3.63) is 64.1 Å². The zero-order valence-corrected chi connectivity index (χ0v) is 18.3. The molecule has 0 N–H and O–H groups in total. The Morgan fingerprint density at radius 2 is 1.93 bits per heavy atom. The number of carbonyl (C=O) groups is 1. The lowest BCUT2D eigenvalue weighted by Gasteiger charge is -2.32. The maximum absolute atomic E-state index is 12.7. The zero-order valence-electron chi connectivity index (χ0n) is 16.7. The van der Waals surface area contributed by atoms with Gasteiger partial charge in [-0.2, -0.15) is 0 Å². The number of rotatable bonds is 7. The number of likely N-dealkylation sites (tertiary alicyclic amines) is 1.